The van der Waals surface area contributed by atoms with Crippen LogP contribution in [0.25, 0.3) is 10.8 Å². The summed E-state index contributed by atoms with van der Waals surface area (Å²) >= 11 is 0. The molecule has 37 heavy (non-hydrogen) atoms. The Labute approximate surface area is 212 Å². The minimum absolute atomic E-state index is 0.0198. The van der Waals surface area contributed by atoms with Gasteiger partial charge in [0.15, 0.2) is 0 Å². The number of para-hydroxylation sites is 1. The highest BCUT2D eigenvalue weighted by atomic mass is 16.5. The first-order chi connectivity index (χ1) is 18.0. The summed E-state index contributed by atoms with van der Waals surface area (Å²) < 4.78 is 5.39. The summed E-state index contributed by atoms with van der Waals surface area (Å²) in [6.07, 6.45) is 1.26. The van der Waals surface area contributed by atoms with Crippen LogP contribution in [0.2, 0.25) is 0 Å². The van der Waals surface area contributed by atoms with Gasteiger partial charge in [-0.2, -0.15) is 5.10 Å². The van der Waals surface area contributed by atoms with Gasteiger partial charge in [0.1, 0.15) is 11.5 Å². The molecule has 0 aliphatic heterocycles. The first kappa shape index (κ1) is 24.9. The molecule has 0 radical (unpaired) electrons. The van der Waals surface area contributed by atoms with E-state index in [1.165, 1.54) is 24.4 Å². The van der Waals surface area contributed by atoms with Crippen LogP contribution in [-0.4, -0.2) is 35.6 Å². The molecule has 0 saturated carbocycles. The van der Waals surface area contributed by atoms with Gasteiger partial charge in [-0.3, -0.25) is 14.4 Å². The van der Waals surface area contributed by atoms with Crippen molar-refractivity contribution in [2.75, 3.05) is 17.2 Å². The number of hydrazone groups is 1. The molecule has 0 atom stereocenters. The molecule has 9 heteroatoms. The van der Waals surface area contributed by atoms with Crippen molar-refractivity contribution in [2.45, 2.75) is 6.92 Å². The van der Waals surface area contributed by atoms with Gasteiger partial charge in [-0.05, 0) is 60.2 Å². The molecule has 4 rings (SSSR count). The van der Waals surface area contributed by atoms with E-state index in [4.69, 9.17) is 4.74 Å². The number of phenolic OH excluding ortho intramolecular Hbond substituents is 1. The zero-order valence-electron chi connectivity index (χ0n) is 19.9. The number of carbonyl (C=O) groups is 3. The van der Waals surface area contributed by atoms with E-state index in [9.17, 15) is 19.5 Å². The largest absolute Gasteiger partial charge is 0.507 e. The van der Waals surface area contributed by atoms with Crippen LogP contribution in [-0.2, 0) is 9.59 Å². The van der Waals surface area contributed by atoms with Crippen molar-refractivity contribution in [1.29, 1.82) is 0 Å². The van der Waals surface area contributed by atoms with E-state index in [2.05, 4.69) is 21.2 Å². The Kier molecular flexibility index (Phi) is 7.75. The van der Waals surface area contributed by atoms with E-state index >= 15 is 0 Å². The fraction of sp³-hybridized carbons (Fsp3) is 0.0714. The molecule has 0 bridgehead atoms. The molecule has 0 unspecified atom stereocenters. The molecule has 9 nitrogen and oxygen atoms in total. The lowest BCUT2D eigenvalue weighted by molar-refractivity contribution is -0.136. The average molecular weight is 497 g/mol. The van der Waals surface area contributed by atoms with Crippen LogP contribution in [0.15, 0.2) is 90.0 Å². The van der Waals surface area contributed by atoms with Crippen LogP contribution >= 0.6 is 0 Å². The number of carbonyl (C=O) groups excluding carboxylic acids is 3. The Hall–Kier alpha value is -5.18. The summed E-state index contributed by atoms with van der Waals surface area (Å²) in [5, 5.41) is 20.8. The molecule has 4 N–H and O–H groups in total. The summed E-state index contributed by atoms with van der Waals surface area (Å²) in [7, 11) is 0. The minimum atomic E-state index is -1.04. The van der Waals surface area contributed by atoms with Crippen molar-refractivity contribution < 1.29 is 24.2 Å². The third kappa shape index (κ3) is 6.09. The second kappa shape index (κ2) is 11.5. The van der Waals surface area contributed by atoms with Crippen molar-refractivity contribution in [3.8, 4) is 11.5 Å². The van der Waals surface area contributed by atoms with Crippen molar-refractivity contribution in [3.63, 3.8) is 0 Å². The van der Waals surface area contributed by atoms with Crippen LogP contribution in [0.3, 0.4) is 0 Å². The number of nitrogens with one attached hydrogen (secondary N) is 3. The number of hydrogen-bond acceptors (Lipinski definition) is 6. The summed E-state index contributed by atoms with van der Waals surface area (Å²) in [5.74, 6) is -1.87. The molecule has 0 spiro atoms. The summed E-state index contributed by atoms with van der Waals surface area (Å²) in [6.45, 7) is 2.41. The van der Waals surface area contributed by atoms with Gasteiger partial charge in [0.25, 0.3) is 5.91 Å². The van der Waals surface area contributed by atoms with E-state index < -0.39 is 17.7 Å². The number of nitrogens with zero attached hydrogens (tertiary/aromatic N) is 1. The molecular formula is C28H24N4O5. The number of phenols is 1. The van der Waals surface area contributed by atoms with Gasteiger partial charge in [-0.25, -0.2) is 5.43 Å². The number of ether oxygens (including phenoxy) is 1. The Balaban J connectivity index is 1.41. The van der Waals surface area contributed by atoms with Gasteiger partial charge < -0.3 is 20.5 Å². The Morgan fingerprint density at radius 3 is 2.38 bits per heavy atom. The molecule has 0 fully saturated rings. The fourth-order valence-corrected chi connectivity index (χ4v) is 3.59. The Bertz CT molecular complexity index is 1480. The van der Waals surface area contributed by atoms with E-state index in [1.54, 1.807) is 48.5 Å². The van der Waals surface area contributed by atoms with Gasteiger partial charge in [0, 0.05) is 11.3 Å². The number of amides is 3. The molecule has 0 heterocycles. The van der Waals surface area contributed by atoms with Gasteiger partial charge in [0.2, 0.25) is 0 Å². The maximum absolute atomic E-state index is 12.8. The molecule has 3 amide bonds. The molecule has 0 saturated heterocycles. The maximum atomic E-state index is 12.8. The van der Waals surface area contributed by atoms with Gasteiger partial charge in [-0.1, -0.05) is 42.5 Å². The van der Waals surface area contributed by atoms with Crippen molar-refractivity contribution >= 4 is 46.1 Å². The lowest BCUT2D eigenvalue weighted by atomic mass is 10.0. The zero-order chi connectivity index (χ0) is 26.2. The van der Waals surface area contributed by atoms with Crippen molar-refractivity contribution in [2.24, 2.45) is 5.10 Å². The lowest BCUT2D eigenvalue weighted by Crippen LogP contribution is -2.33. The summed E-state index contributed by atoms with van der Waals surface area (Å²) in [4.78, 5) is 37.6. The summed E-state index contributed by atoms with van der Waals surface area (Å²) in [6, 6.07) is 23.8. The monoisotopic (exact) mass is 496 g/mol. The predicted octanol–water partition coefficient (Wildman–Crippen LogP) is 4.29. The summed E-state index contributed by atoms with van der Waals surface area (Å²) in [5.41, 5.74) is 3.40. The molecule has 4 aromatic rings. The highest BCUT2D eigenvalue weighted by molar-refractivity contribution is 6.40. The number of anilines is 2. The minimum Gasteiger partial charge on any atom is -0.507 e. The van der Waals surface area contributed by atoms with E-state index in [-0.39, 0.29) is 17.0 Å². The quantitative estimate of drug-likeness (QED) is 0.172. The van der Waals surface area contributed by atoms with Gasteiger partial charge in [-0.15, -0.1) is 0 Å². The molecule has 0 aromatic heterocycles. The van der Waals surface area contributed by atoms with Crippen LogP contribution in [0.1, 0.15) is 22.8 Å². The van der Waals surface area contributed by atoms with Gasteiger partial charge in [0.05, 0.1) is 24.1 Å². The standard InChI is InChI=1S/C28H24N4O5/c1-2-37-20-14-12-19(13-15-20)30-26(34)22-9-5-6-10-24(22)31-27(35)28(36)32-29-17-23-21-8-4-3-7-18(21)11-16-25(23)33/h3-17,33H,2H2,1H3,(H,30,34)(H,31,35)(H,32,36). The Morgan fingerprint density at radius 2 is 1.59 bits per heavy atom. The van der Waals surface area contributed by atoms with Crippen molar-refractivity contribution in [3.05, 3.63) is 96.1 Å². The number of rotatable bonds is 7. The lowest BCUT2D eigenvalue weighted by Gasteiger charge is -2.11. The third-order valence-electron chi connectivity index (χ3n) is 5.36. The van der Waals surface area contributed by atoms with Crippen LogP contribution < -0.4 is 20.8 Å². The van der Waals surface area contributed by atoms with Gasteiger partial charge >= 0.3 is 11.8 Å². The second-order valence-electron chi connectivity index (χ2n) is 7.83. The van der Waals surface area contributed by atoms with Crippen molar-refractivity contribution in [1.82, 2.24) is 5.43 Å². The highest BCUT2D eigenvalue weighted by Crippen LogP contribution is 2.25. The molecule has 4 aromatic carbocycles. The maximum Gasteiger partial charge on any atom is 0.329 e. The third-order valence-corrected chi connectivity index (χ3v) is 5.36. The normalized spacial score (nSPS) is 10.7. The van der Waals surface area contributed by atoms with E-state index in [1.807, 2.05) is 25.1 Å². The first-order valence-corrected chi connectivity index (χ1v) is 11.4. The number of fused-ring (bicyclic) bond motifs is 1. The highest BCUT2D eigenvalue weighted by Gasteiger charge is 2.18. The van der Waals surface area contributed by atoms with E-state index in [0.717, 1.165) is 10.8 Å². The van der Waals surface area contributed by atoms with Crippen LogP contribution in [0.4, 0.5) is 11.4 Å². The fourth-order valence-electron chi connectivity index (χ4n) is 3.59. The van der Waals surface area contributed by atoms with E-state index in [0.29, 0.717) is 23.6 Å². The average Bonchev–Trinajstić information content (AvgIpc) is 2.91. The smallest absolute Gasteiger partial charge is 0.329 e. The molecule has 186 valence electrons. The number of benzene rings is 4. The first-order valence-electron chi connectivity index (χ1n) is 11.4. The topological polar surface area (TPSA) is 129 Å². The Morgan fingerprint density at radius 1 is 0.865 bits per heavy atom. The predicted molar refractivity (Wildman–Crippen MR) is 142 cm³/mol. The zero-order valence-corrected chi connectivity index (χ0v) is 19.9. The van der Waals surface area contributed by atoms with Crippen LogP contribution in [0.5, 0.6) is 11.5 Å². The number of aromatic hydroxyl groups is 1. The number of hydrogen-bond donors (Lipinski definition) is 4. The molecular weight excluding hydrogens is 472 g/mol. The molecule has 0 aliphatic carbocycles. The van der Waals surface area contributed by atoms with Crippen LogP contribution in [0, 0.1) is 0 Å². The molecule has 0 aliphatic rings. The SMILES string of the molecule is CCOc1ccc(NC(=O)c2ccccc2NC(=O)C(=O)NN=Cc2c(O)ccc3ccccc23)cc1. The second-order valence-corrected chi connectivity index (χ2v) is 7.83.